The third-order valence-corrected chi connectivity index (χ3v) is 8.84. The van der Waals surface area contributed by atoms with Crippen LogP contribution in [0.1, 0.15) is 79.6 Å². The van der Waals surface area contributed by atoms with Crippen LogP contribution in [-0.4, -0.2) is 26.2 Å². The highest BCUT2D eigenvalue weighted by atomic mass is 32.2. The molecular formula is C22H28FNO4S. The van der Waals surface area contributed by atoms with Crippen LogP contribution >= 0.6 is 0 Å². The van der Waals surface area contributed by atoms with E-state index in [0.717, 1.165) is 30.2 Å². The second-order valence-corrected chi connectivity index (χ2v) is 11.5. The molecule has 158 valence electrons. The lowest BCUT2D eigenvalue weighted by atomic mass is 9.81. The van der Waals surface area contributed by atoms with Gasteiger partial charge in [0, 0.05) is 6.07 Å². The van der Waals surface area contributed by atoms with Crippen molar-refractivity contribution >= 4 is 15.9 Å². The molecule has 1 aromatic carbocycles. The van der Waals surface area contributed by atoms with Crippen LogP contribution in [0.25, 0.3) is 0 Å². The Morgan fingerprint density at radius 2 is 1.72 bits per heavy atom. The van der Waals surface area contributed by atoms with Gasteiger partial charge >= 0.3 is 0 Å². The van der Waals surface area contributed by atoms with Crippen LogP contribution in [0.5, 0.6) is 5.75 Å². The average Bonchev–Trinajstić information content (AvgIpc) is 3.57. The highest BCUT2D eigenvalue weighted by molar-refractivity contribution is 7.91. The van der Waals surface area contributed by atoms with Crippen molar-refractivity contribution in [2.45, 2.75) is 69.0 Å². The first-order chi connectivity index (χ1) is 13.9. The smallest absolute Gasteiger partial charge is 0.267 e. The molecule has 2 bridgehead atoms. The van der Waals surface area contributed by atoms with Gasteiger partial charge in [0.2, 0.25) is 10.0 Å². The summed E-state index contributed by atoms with van der Waals surface area (Å²) >= 11 is 0. The summed E-state index contributed by atoms with van der Waals surface area (Å²) in [5, 5.41) is -0.522. The molecule has 4 fully saturated rings. The van der Waals surface area contributed by atoms with Crippen molar-refractivity contribution in [2.75, 3.05) is 6.61 Å². The van der Waals surface area contributed by atoms with Gasteiger partial charge in [0.25, 0.3) is 5.91 Å². The maximum absolute atomic E-state index is 14.7. The van der Waals surface area contributed by atoms with Crippen LogP contribution in [0.2, 0.25) is 0 Å². The predicted molar refractivity (Wildman–Crippen MR) is 107 cm³/mol. The Morgan fingerprint density at radius 3 is 2.34 bits per heavy atom. The molecule has 5 nitrogen and oxygen atoms in total. The summed E-state index contributed by atoms with van der Waals surface area (Å²) in [6.45, 7) is 0.591. The number of fused-ring (bicyclic) bond motifs is 2. The number of carbonyl (C=O) groups is 1. The molecule has 3 atom stereocenters. The number of carbonyl (C=O) groups excluding carboxylic acids is 1. The average molecular weight is 422 g/mol. The highest BCUT2D eigenvalue weighted by Gasteiger charge is 2.38. The van der Waals surface area contributed by atoms with Crippen molar-refractivity contribution in [3.05, 3.63) is 29.1 Å². The van der Waals surface area contributed by atoms with E-state index in [0.29, 0.717) is 31.1 Å². The van der Waals surface area contributed by atoms with Crippen molar-refractivity contribution in [1.29, 1.82) is 0 Å². The van der Waals surface area contributed by atoms with Crippen LogP contribution in [0, 0.1) is 23.6 Å². The van der Waals surface area contributed by atoms with Crippen LogP contribution in [-0.2, 0) is 10.0 Å². The number of sulfonamides is 1. The van der Waals surface area contributed by atoms with Gasteiger partial charge in [-0.2, -0.15) is 0 Å². The monoisotopic (exact) mass is 421 g/mol. The zero-order chi connectivity index (χ0) is 20.2. The van der Waals surface area contributed by atoms with E-state index in [2.05, 4.69) is 0 Å². The Kier molecular flexibility index (Phi) is 4.84. The normalized spacial score (nSPS) is 28.9. The van der Waals surface area contributed by atoms with E-state index in [1.54, 1.807) is 0 Å². The molecule has 1 aromatic rings. The summed E-state index contributed by atoms with van der Waals surface area (Å²) < 4.78 is 46.9. The molecule has 0 saturated heterocycles. The molecule has 0 radical (unpaired) electrons. The molecule has 1 amide bonds. The maximum atomic E-state index is 14.7. The third-order valence-electron chi connectivity index (χ3n) is 7.02. The van der Waals surface area contributed by atoms with Crippen LogP contribution in [0.3, 0.4) is 0 Å². The summed E-state index contributed by atoms with van der Waals surface area (Å²) in [7, 11) is -3.71. The van der Waals surface area contributed by atoms with Gasteiger partial charge in [0.15, 0.2) is 0 Å². The lowest BCUT2D eigenvalue weighted by Gasteiger charge is -2.28. The van der Waals surface area contributed by atoms with Gasteiger partial charge in [-0.25, -0.2) is 17.5 Å². The summed E-state index contributed by atoms with van der Waals surface area (Å²) in [6, 6.07) is 2.79. The minimum Gasteiger partial charge on any atom is -0.493 e. The zero-order valence-corrected chi connectivity index (χ0v) is 17.3. The lowest BCUT2D eigenvalue weighted by molar-refractivity contribution is 0.0977. The number of amides is 1. The molecule has 5 rings (SSSR count). The van der Waals surface area contributed by atoms with E-state index in [1.807, 2.05) is 4.72 Å². The fraction of sp³-hybridized carbons (Fsp3) is 0.682. The Morgan fingerprint density at radius 1 is 1.03 bits per heavy atom. The van der Waals surface area contributed by atoms with Crippen LogP contribution < -0.4 is 9.46 Å². The first-order valence-electron chi connectivity index (χ1n) is 10.9. The van der Waals surface area contributed by atoms with Gasteiger partial charge in [0.1, 0.15) is 11.6 Å². The van der Waals surface area contributed by atoms with Gasteiger partial charge in [-0.1, -0.05) is 12.8 Å². The van der Waals surface area contributed by atoms with Gasteiger partial charge in [-0.05, 0) is 80.2 Å². The lowest BCUT2D eigenvalue weighted by Crippen LogP contribution is -2.33. The standard InChI is InChI=1S/C22H28FNO4S/c23-20-11-21(28-12-15-8-13-1-2-14(7-13)9-15)18(16-3-4-16)10-19(20)22(25)24-29(26,27)17-5-6-17/h10-11,13-17H,1-9,12H2,(H,24,25)/t13-,14+,15+. The van der Waals surface area contributed by atoms with E-state index >= 15 is 0 Å². The van der Waals surface area contributed by atoms with Gasteiger partial charge in [-0.15, -0.1) is 0 Å². The first-order valence-corrected chi connectivity index (χ1v) is 12.5. The molecule has 0 spiro atoms. The molecule has 4 saturated carbocycles. The van der Waals surface area contributed by atoms with Crippen molar-refractivity contribution in [1.82, 2.24) is 4.72 Å². The molecule has 0 unspecified atom stereocenters. The van der Waals surface area contributed by atoms with Gasteiger partial charge in [0.05, 0.1) is 17.4 Å². The fourth-order valence-corrected chi connectivity index (χ4v) is 6.51. The first kappa shape index (κ1) is 19.3. The quantitative estimate of drug-likeness (QED) is 0.719. The Bertz CT molecular complexity index is 911. The summed E-state index contributed by atoms with van der Waals surface area (Å²) in [4.78, 5) is 12.4. The van der Waals surface area contributed by atoms with Crippen molar-refractivity contribution in [3.8, 4) is 5.75 Å². The molecule has 4 aliphatic rings. The molecule has 0 aromatic heterocycles. The van der Waals surface area contributed by atoms with E-state index in [4.69, 9.17) is 4.74 Å². The van der Waals surface area contributed by atoms with Crippen molar-refractivity contribution < 1.29 is 22.3 Å². The van der Waals surface area contributed by atoms with Crippen molar-refractivity contribution in [2.24, 2.45) is 17.8 Å². The number of hydrogen-bond donors (Lipinski definition) is 1. The number of benzene rings is 1. The SMILES string of the molecule is O=C(NS(=O)(=O)C1CC1)c1cc(C2CC2)c(OC[C@H]2C[C@@H]3CC[C@@H](C3)C2)cc1F. The van der Waals surface area contributed by atoms with E-state index in [-0.39, 0.29) is 11.5 Å². The summed E-state index contributed by atoms with van der Waals surface area (Å²) in [5.74, 6) is 1.33. The van der Waals surface area contributed by atoms with Crippen LogP contribution in [0.15, 0.2) is 12.1 Å². The summed E-state index contributed by atoms with van der Waals surface area (Å²) in [5.41, 5.74) is 0.623. The molecule has 0 heterocycles. The topological polar surface area (TPSA) is 72.5 Å². The van der Waals surface area contributed by atoms with E-state index in [1.165, 1.54) is 44.2 Å². The summed E-state index contributed by atoms with van der Waals surface area (Å²) in [6.07, 6.45) is 9.46. The van der Waals surface area contributed by atoms with Crippen LogP contribution in [0.4, 0.5) is 4.39 Å². The minimum atomic E-state index is -3.71. The number of hydrogen-bond acceptors (Lipinski definition) is 4. The Labute approximate surface area is 171 Å². The molecule has 29 heavy (non-hydrogen) atoms. The Balaban J connectivity index is 1.32. The maximum Gasteiger partial charge on any atom is 0.267 e. The predicted octanol–water partition coefficient (Wildman–Crippen LogP) is 4.13. The second kappa shape index (κ2) is 7.25. The molecule has 7 heteroatoms. The minimum absolute atomic E-state index is 0.209. The molecule has 0 aliphatic heterocycles. The van der Waals surface area contributed by atoms with Gasteiger partial charge in [-0.3, -0.25) is 4.79 Å². The van der Waals surface area contributed by atoms with Crippen molar-refractivity contribution in [3.63, 3.8) is 0 Å². The van der Waals surface area contributed by atoms with E-state index < -0.39 is 27.0 Å². The molecule has 4 aliphatic carbocycles. The number of halogens is 1. The second-order valence-electron chi connectivity index (χ2n) is 9.51. The molecular weight excluding hydrogens is 393 g/mol. The Hall–Kier alpha value is -1.63. The van der Waals surface area contributed by atoms with Gasteiger partial charge < -0.3 is 4.74 Å². The number of nitrogens with one attached hydrogen (secondary N) is 1. The largest absolute Gasteiger partial charge is 0.493 e. The molecule has 1 N–H and O–H groups in total. The number of ether oxygens (including phenoxy) is 1. The highest BCUT2D eigenvalue weighted by Crippen LogP contribution is 2.47. The number of rotatable bonds is 7. The third kappa shape index (κ3) is 4.16. The zero-order valence-electron chi connectivity index (χ0n) is 16.5. The van der Waals surface area contributed by atoms with E-state index in [9.17, 15) is 17.6 Å². The fourth-order valence-electron chi connectivity index (χ4n) is 5.22.